The maximum Gasteiger partial charge on any atom is 0.191 e. The quantitative estimate of drug-likeness (QED) is 0.284. The Kier molecular flexibility index (Phi) is 8.63. The lowest BCUT2D eigenvalue weighted by Gasteiger charge is -2.18. The zero-order chi connectivity index (χ0) is 15.1. The molecule has 0 amide bonds. The number of aliphatic imine (C=N–C) groups is 1. The van der Waals surface area contributed by atoms with E-state index in [1.165, 1.54) is 17.7 Å². The summed E-state index contributed by atoms with van der Waals surface area (Å²) in [5.74, 6) is 0.852. The highest BCUT2D eigenvalue weighted by Gasteiger charge is 2.41. The maximum atomic E-state index is 5.47. The molecule has 2 rings (SSSR count). The van der Waals surface area contributed by atoms with Crippen LogP contribution in [-0.2, 0) is 11.3 Å². The summed E-state index contributed by atoms with van der Waals surface area (Å²) in [6.45, 7) is 7.48. The van der Waals surface area contributed by atoms with Crippen LogP contribution in [0, 0.1) is 12.3 Å². The molecule has 0 radical (unpaired) electrons. The minimum Gasteiger partial charge on any atom is -0.382 e. The van der Waals surface area contributed by atoms with Gasteiger partial charge in [0.25, 0.3) is 0 Å². The molecule has 1 aliphatic rings. The molecule has 1 heterocycles. The van der Waals surface area contributed by atoms with Crippen LogP contribution in [0.15, 0.2) is 11.2 Å². The van der Waals surface area contributed by atoms with E-state index in [0.717, 1.165) is 43.7 Å². The number of aromatic nitrogens is 1. The van der Waals surface area contributed by atoms with Crippen LogP contribution >= 0.6 is 35.3 Å². The van der Waals surface area contributed by atoms with Crippen LogP contribution in [-0.4, -0.2) is 37.7 Å². The van der Waals surface area contributed by atoms with E-state index >= 15 is 0 Å². The summed E-state index contributed by atoms with van der Waals surface area (Å²) in [5.41, 5.74) is 0.421. The van der Waals surface area contributed by atoms with E-state index in [4.69, 9.17) is 4.74 Å². The molecule has 1 aliphatic carbocycles. The predicted octanol–water partition coefficient (Wildman–Crippen LogP) is 2.94. The number of guanidine groups is 1. The number of thiazole rings is 1. The summed E-state index contributed by atoms with van der Waals surface area (Å²) in [6, 6.07) is 0. The minimum atomic E-state index is 0. The standard InChI is InChI=1S/C15H26N4OS.HI/c1-4-20-8-7-15(5-6-15)11-19-14(16-3)18-10-13-17-9-12(2)21-13;/h9H,4-8,10-11H2,1-3H3,(H2,16,18,19);1H. The largest absolute Gasteiger partial charge is 0.382 e. The second-order valence-electron chi connectivity index (χ2n) is 5.59. The highest BCUT2D eigenvalue weighted by molar-refractivity contribution is 14.0. The zero-order valence-corrected chi connectivity index (χ0v) is 16.8. The van der Waals surface area contributed by atoms with Crippen LogP contribution in [0.4, 0.5) is 0 Å². The van der Waals surface area contributed by atoms with E-state index in [9.17, 15) is 0 Å². The van der Waals surface area contributed by atoms with Crippen LogP contribution < -0.4 is 10.6 Å². The average Bonchev–Trinajstić information content (AvgIpc) is 3.13. The van der Waals surface area contributed by atoms with Crippen LogP contribution in [0.3, 0.4) is 0 Å². The number of halogens is 1. The molecule has 0 atom stereocenters. The lowest BCUT2D eigenvalue weighted by molar-refractivity contribution is 0.128. The second kappa shape index (κ2) is 9.67. The van der Waals surface area contributed by atoms with Gasteiger partial charge in [0.15, 0.2) is 5.96 Å². The molecule has 2 N–H and O–H groups in total. The Hall–Kier alpha value is -0.410. The topological polar surface area (TPSA) is 58.5 Å². The Bertz CT molecular complexity index is 474. The van der Waals surface area contributed by atoms with Crippen molar-refractivity contribution in [1.29, 1.82) is 0 Å². The van der Waals surface area contributed by atoms with Crippen molar-refractivity contribution in [2.24, 2.45) is 10.4 Å². The van der Waals surface area contributed by atoms with E-state index in [0.29, 0.717) is 5.41 Å². The van der Waals surface area contributed by atoms with Gasteiger partial charge < -0.3 is 15.4 Å². The Morgan fingerprint density at radius 2 is 2.23 bits per heavy atom. The van der Waals surface area contributed by atoms with Crippen LogP contribution in [0.2, 0.25) is 0 Å². The fourth-order valence-corrected chi connectivity index (χ4v) is 2.99. The van der Waals surface area contributed by atoms with E-state index in [1.54, 1.807) is 11.3 Å². The van der Waals surface area contributed by atoms with Crippen molar-refractivity contribution in [3.05, 3.63) is 16.1 Å². The van der Waals surface area contributed by atoms with Crippen LogP contribution in [0.25, 0.3) is 0 Å². The van der Waals surface area contributed by atoms with Gasteiger partial charge in [0, 0.05) is 37.9 Å². The van der Waals surface area contributed by atoms with Crippen LogP contribution in [0.5, 0.6) is 0 Å². The molecule has 1 fully saturated rings. The number of hydrogen-bond acceptors (Lipinski definition) is 4. The molecule has 1 aromatic heterocycles. The molecule has 126 valence electrons. The summed E-state index contributed by atoms with van der Waals surface area (Å²) in [5, 5.41) is 7.85. The number of rotatable bonds is 8. The predicted molar refractivity (Wildman–Crippen MR) is 103 cm³/mol. The van der Waals surface area contributed by atoms with Crippen molar-refractivity contribution in [3.8, 4) is 0 Å². The molecule has 0 bridgehead atoms. The first kappa shape index (κ1) is 19.6. The fourth-order valence-electron chi connectivity index (χ4n) is 2.26. The molecule has 0 unspecified atom stereocenters. The summed E-state index contributed by atoms with van der Waals surface area (Å²) in [6.07, 6.45) is 5.62. The van der Waals surface area contributed by atoms with Crippen LogP contribution in [0.1, 0.15) is 36.1 Å². The molecular weight excluding hydrogens is 411 g/mol. The molecule has 1 aromatic rings. The SMILES string of the molecule is CCOCCC1(CNC(=NC)NCc2ncc(C)s2)CC1.I. The van der Waals surface area contributed by atoms with E-state index < -0.39 is 0 Å². The minimum absolute atomic E-state index is 0. The van der Waals surface area contributed by atoms with Crippen molar-refractivity contribution in [2.45, 2.75) is 39.7 Å². The number of aryl methyl sites for hydroxylation is 1. The number of hydrogen-bond donors (Lipinski definition) is 2. The van der Waals surface area contributed by atoms with Gasteiger partial charge in [-0.05, 0) is 38.5 Å². The first-order chi connectivity index (χ1) is 10.2. The number of nitrogens with one attached hydrogen (secondary N) is 2. The molecule has 5 nitrogen and oxygen atoms in total. The Morgan fingerprint density at radius 3 is 2.77 bits per heavy atom. The van der Waals surface area contributed by atoms with E-state index in [1.807, 2.05) is 20.2 Å². The van der Waals surface area contributed by atoms with Gasteiger partial charge in [-0.25, -0.2) is 4.98 Å². The van der Waals surface area contributed by atoms with Crippen molar-refractivity contribution >= 4 is 41.3 Å². The number of nitrogens with zero attached hydrogens (tertiary/aromatic N) is 2. The average molecular weight is 438 g/mol. The van der Waals surface area contributed by atoms with Gasteiger partial charge in [0.1, 0.15) is 5.01 Å². The van der Waals surface area contributed by atoms with Crippen molar-refractivity contribution in [2.75, 3.05) is 26.8 Å². The van der Waals surface area contributed by atoms with Gasteiger partial charge >= 0.3 is 0 Å². The van der Waals surface area contributed by atoms with Gasteiger partial charge in [-0.15, -0.1) is 35.3 Å². The molecule has 0 aromatic carbocycles. The normalized spacial score (nSPS) is 16.0. The van der Waals surface area contributed by atoms with Crippen molar-refractivity contribution < 1.29 is 4.74 Å². The highest BCUT2D eigenvalue weighted by Crippen LogP contribution is 2.48. The molecule has 0 aliphatic heterocycles. The molecule has 7 heteroatoms. The Labute approximate surface area is 154 Å². The lowest BCUT2D eigenvalue weighted by atomic mass is 10.0. The highest BCUT2D eigenvalue weighted by atomic mass is 127. The summed E-state index contributed by atoms with van der Waals surface area (Å²) in [7, 11) is 1.81. The second-order valence-corrected chi connectivity index (χ2v) is 6.91. The van der Waals surface area contributed by atoms with Crippen molar-refractivity contribution in [3.63, 3.8) is 0 Å². The van der Waals surface area contributed by atoms with Gasteiger partial charge in [-0.3, -0.25) is 4.99 Å². The first-order valence-electron chi connectivity index (χ1n) is 7.61. The monoisotopic (exact) mass is 438 g/mol. The van der Waals surface area contributed by atoms with E-state index in [-0.39, 0.29) is 24.0 Å². The zero-order valence-electron chi connectivity index (χ0n) is 13.6. The molecule has 0 spiro atoms. The van der Waals surface area contributed by atoms with Gasteiger partial charge in [-0.1, -0.05) is 0 Å². The Morgan fingerprint density at radius 1 is 1.45 bits per heavy atom. The fraction of sp³-hybridized carbons (Fsp3) is 0.733. The third-order valence-electron chi connectivity index (χ3n) is 3.87. The summed E-state index contributed by atoms with van der Waals surface area (Å²) >= 11 is 1.72. The first-order valence-corrected chi connectivity index (χ1v) is 8.43. The molecular formula is C15H27IN4OS. The Balaban J connectivity index is 0.00000242. The van der Waals surface area contributed by atoms with E-state index in [2.05, 4.69) is 27.5 Å². The molecule has 22 heavy (non-hydrogen) atoms. The third-order valence-corrected chi connectivity index (χ3v) is 4.78. The smallest absolute Gasteiger partial charge is 0.191 e. The summed E-state index contributed by atoms with van der Waals surface area (Å²) in [4.78, 5) is 9.87. The third kappa shape index (κ3) is 6.37. The van der Waals surface area contributed by atoms with Crippen molar-refractivity contribution in [1.82, 2.24) is 15.6 Å². The number of ether oxygens (including phenoxy) is 1. The van der Waals surface area contributed by atoms with Gasteiger partial charge in [0.2, 0.25) is 0 Å². The lowest BCUT2D eigenvalue weighted by Crippen LogP contribution is -2.40. The maximum absolute atomic E-state index is 5.47. The molecule has 0 saturated heterocycles. The molecule has 1 saturated carbocycles. The van der Waals surface area contributed by atoms with Gasteiger partial charge in [0.05, 0.1) is 6.54 Å². The van der Waals surface area contributed by atoms with Gasteiger partial charge in [-0.2, -0.15) is 0 Å². The summed E-state index contributed by atoms with van der Waals surface area (Å²) < 4.78 is 5.47.